The van der Waals surface area contributed by atoms with Gasteiger partial charge in [-0.15, -0.1) is 0 Å². The summed E-state index contributed by atoms with van der Waals surface area (Å²) in [5, 5.41) is 2.85. The molecule has 3 aromatic rings. The summed E-state index contributed by atoms with van der Waals surface area (Å²) in [5.41, 5.74) is 1.81. The van der Waals surface area contributed by atoms with Gasteiger partial charge < -0.3 is 19.2 Å². The predicted molar refractivity (Wildman–Crippen MR) is 96.8 cm³/mol. The van der Waals surface area contributed by atoms with E-state index in [1.165, 1.54) is 12.1 Å². The highest BCUT2D eigenvalue weighted by Crippen LogP contribution is 2.32. The molecular weight excluding hydrogens is 349 g/mol. The fourth-order valence-electron chi connectivity index (χ4n) is 2.87. The summed E-state index contributed by atoms with van der Waals surface area (Å²) < 4.78 is 29.3. The molecule has 2 heterocycles. The Bertz CT molecular complexity index is 949. The first kappa shape index (κ1) is 17.1. The van der Waals surface area contributed by atoms with Crippen molar-refractivity contribution < 1.29 is 23.1 Å². The van der Waals surface area contributed by atoms with Crippen molar-refractivity contribution in [3.05, 3.63) is 71.7 Å². The number of hydrogen-bond acceptors (Lipinski definition) is 4. The molecule has 1 amide bonds. The minimum atomic E-state index is -0.291. The molecule has 2 aromatic carbocycles. The first-order chi connectivity index (χ1) is 13.2. The minimum Gasteiger partial charge on any atom is -0.459 e. The number of halogens is 1. The maximum Gasteiger partial charge on any atom is 0.231 e. The van der Waals surface area contributed by atoms with Gasteiger partial charge in [0.15, 0.2) is 11.5 Å². The third-order valence-electron chi connectivity index (χ3n) is 4.33. The standard InChI is InChI=1S/C21H18FNO4/c22-16-5-3-15(4-6-16)18-9-7-17(27-18)12-23-21(24)10-2-14-1-8-19-20(11-14)26-13-25-19/h1,3-9,11H,2,10,12-13H2,(H,23,24). The second kappa shape index (κ2) is 7.53. The molecule has 0 fully saturated rings. The molecule has 1 aliphatic heterocycles. The van der Waals surface area contributed by atoms with Crippen LogP contribution >= 0.6 is 0 Å². The fourth-order valence-corrected chi connectivity index (χ4v) is 2.87. The summed E-state index contributed by atoms with van der Waals surface area (Å²) in [7, 11) is 0. The van der Waals surface area contributed by atoms with E-state index >= 15 is 0 Å². The lowest BCUT2D eigenvalue weighted by Crippen LogP contribution is -2.22. The van der Waals surface area contributed by atoms with Crippen LogP contribution in [0.1, 0.15) is 17.7 Å². The third-order valence-corrected chi connectivity index (χ3v) is 4.33. The molecule has 4 rings (SSSR count). The van der Waals surface area contributed by atoms with Gasteiger partial charge in [0.1, 0.15) is 17.3 Å². The Kier molecular flexibility index (Phi) is 4.78. The number of fused-ring (bicyclic) bond motifs is 1. The zero-order valence-electron chi connectivity index (χ0n) is 14.5. The van der Waals surface area contributed by atoms with Crippen LogP contribution in [-0.2, 0) is 17.8 Å². The fraction of sp³-hybridized carbons (Fsp3) is 0.190. The monoisotopic (exact) mass is 367 g/mol. The number of ether oxygens (including phenoxy) is 2. The number of amides is 1. The number of nitrogens with one attached hydrogen (secondary N) is 1. The molecule has 0 bridgehead atoms. The van der Waals surface area contributed by atoms with E-state index in [4.69, 9.17) is 13.9 Å². The van der Waals surface area contributed by atoms with Gasteiger partial charge in [-0.05, 0) is 60.5 Å². The van der Waals surface area contributed by atoms with Crippen molar-refractivity contribution in [1.29, 1.82) is 0 Å². The number of carbonyl (C=O) groups excluding carboxylic acids is 1. The van der Waals surface area contributed by atoms with E-state index in [0.29, 0.717) is 30.9 Å². The van der Waals surface area contributed by atoms with Crippen molar-refractivity contribution in [3.8, 4) is 22.8 Å². The Morgan fingerprint density at radius 1 is 1.00 bits per heavy atom. The predicted octanol–water partition coefficient (Wildman–Crippen LogP) is 4.06. The smallest absolute Gasteiger partial charge is 0.231 e. The molecule has 27 heavy (non-hydrogen) atoms. The molecule has 0 saturated carbocycles. The van der Waals surface area contributed by atoms with Crippen molar-refractivity contribution in [2.45, 2.75) is 19.4 Å². The van der Waals surface area contributed by atoms with Crippen molar-refractivity contribution in [2.24, 2.45) is 0 Å². The van der Waals surface area contributed by atoms with Crippen LogP contribution in [0, 0.1) is 5.82 Å². The first-order valence-corrected chi connectivity index (χ1v) is 8.67. The summed E-state index contributed by atoms with van der Waals surface area (Å²) in [6, 6.07) is 15.4. The molecule has 0 unspecified atom stereocenters. The van der Waals surface area contributed by atoms with Crippen LogP contribution in [-0.4, -0.2) is 12.7 Å². The summed E-state index contributed by atoms with van der Waals surface area (Å²) in [6.07, 6.45) is 0.979. The summed E-state index contributed by atoms with van der Waals surface area (Å²) in [4.78, 5) is 12.1. The maximum atomic E-state index is 13.0. The zero-order valence-corrected chi connectivity index (χ0v) is 14.5. The quantitative estimate of drug-likeness (QED) is 0.714. The van der Waals surface area contributed by atoms with Crippen molar-refractivity contribution in [3.63, 3.8) is 0 Å². The molecule has 5 nitrogen and oxygen atoms in total. The van der Waals surface area contributed by atoms with Gasteiger partial charge >= 0.3 is 0 Å². The molecule has 6 heteroatoms. The summed E-state index contributed by atoms with van der Waals surface area (Å²) >= 11 is 0. The largest absolute Gasteiger partial charge is 0.459 e. The third kappa shape index (κ3) is 4.11. The molecule has 138 valence electrons. The Labute approximate surface area is 155 Å². The molecule has 1 aromatic heterocycles. The van der Waals surface area contributed by atoms with E-state index in [-0.39, 0.29) is 18.5 Å². The van der Waals surface area contributed by atoms with Crippen LogP contribution in [0.4, 0.5) is 4.39 Å². The second-order valence-corrected chi connectivity index (χ2v) is 6.24. The lowest BCUT2D eigenvalue weighted by molar-refractivity contribution is -0.121. The molecule has 0 spiro atoms. The van der Waals surface area contributed by atoms with Gasteiger partial charge in [0.05, 0.1) is 6.54 Å². The van der Waals surface area contributed by atoms with Crippen LogP contribution in [0.25, 0.3) is 11.3 Å². The van der Waals surface area contributed by atoms with Crippen LogP contribution in [0.3, 0.4) is 0 Å². The second-order valence-electron chi connectivity index (χ2n) is 6.24. The van der Waals surface area contributed by atoms with E-state index in [1.807, 2.05) is 18.2 Å². The van der Waals surface area contributed by atoms with Crippen LogP contribution in [0.2, 0.25) is 0 Å². The maximum absolute atomic E-state index is 13.0. The summed E-state index contributed by atoms with van der Waals surface area (Å²) in [5.74, 6) is 2.38. The van der Waals surface area contributed by atoms with Gasteiger partial charge in [-0.2, -0.15) is 0 Å². The van der Waals surface area contributed by atoms with E-state index in [9.17, 15) is 9.18 Å². The molecule has 1 aliphatic rings. The first-order valence-electron chi connectivity index (χ1n) is 8.67. The Morgan fingerprint density at radius 3 is 2.67 bits per heavy atom. The number of rotatable bonds is 6. The van der Waals surface area contributed by atoms with Crippen LogP contribution in [0.5, 0.6) is 11.5 Å². The number of benzene rings is 2. The van der Waals surface area contributed by atoms with Gasteiger partial charge in [0.2, 0.25) is 12.7 Å². The zero-order chi connectivity index (χ0) is 18.6. The van der Waals surface area contributed by atoms with Gasteiger partial charge in [-0.1, -0.05) is 6.07 Å². The topological polar surface area (TPSA) is 60.7 Å². The normalized spacial score (nSPS) is 12.2. The average Bonchev–Trinajstić information content (AvgIpc) is 3.34. The van der Waals surface area contributed by atoms with Gasteiger partial charge in [-0.25, -0.2) is 4.39 Å². The highest BCUT2D eigenvalue weighted by Gasteiger charge is 2.14. The van der Waals surface area contributed by atoms with E-state index < -0.39 is 0 Å². The number of furan rings is 1. The van der Waals surface area contributed by atoms with Crippen molar-refractivity contribution >= 4 is 5.91 Å². The minimum absolute atomic E-state index is 0.0626. The number of aryl methyl sites for hydroxylation is 1. The van der Waals surface area contributed by atoms with E-state index in [0.717, 1.165) is 22.6 Å². The van der Waals surface area contributed by atoms with E-state index in [2.05, 4.69) is 5.32 Å². The lowest BCUT2D eigenvalue weighted by atomic mass is 10.1. The van der Waals surface area contributed by atoms with Gasteiger partial charge in [0, 0.05) is 12.0 Å². The molecule has 1 N–H and O–H groups in total. The van der Waals surface area contributed by atoms with Gasteiger partial charge in [-0.3, -0.25) is 4.79 Å². The molecule has 0 saturated heterocycles. The molecule has 0 aliphatic carbocycles. The SMILES string of the molecule is O=C(CCc1ccc2c(c1)OCO2)NCc1ccc(-c2ccc(F)cc2)o1. The van der Waals surface area contributed by atoms with Crippen LogP contribution in [0.15, 0.2) is 59.0 Å². The van der Waals surface area contributed by atoms with Crippen molar-refractivity contribution in [1.82, 2.24) is 5.32 Å². The number of hydrogen-bond donors (Lipinski definition) is 1. The Hall–Kier alpha value is -3.28. The average molecular weight is 367 g/mol. The van der Waals surface area contributed by atoms with Crippen LogP contribution < -0.4 is 14.8 Å². The Morgan fingerprint density at radius 2 is 1.81 bits per heavy atom. The molecular formula is C21H18FNO4. The lowest BCUT2D eigenvalue weighted by Gasteiger charge is -2.05. The summed E-state index contributed by atoms with van der Waals surface area (Å²) in [6.45, 7) is 0.545. The highest BCUT2D eigenvalue weighted by molar-refractivity contribution is 5.76. The Balaban J connectivity index is 1.27. The van der Waals surface area contributed by atoms with E-state index in [1.54, 1.807) is 24.3 Å². The number of carbonyl (C=O) groups is 1. The van der Waals surface area contributed by atoms with Gasteiger partial charge in [0.25, 0.3) is 0 Å². The molecule has 0 radical (unpaired) electrons. The highest BCUT2D eigenvalue weighted by atomic mass is 19.1. The molecule has 0 atom stereocenters. The van der Waals surface area contributed by atoms with Crippen molar-refractivity contribution in [2.75, 3.05) is 6.79 Å².